The molecule has 3 aromatic rings. The lowest BCUT2D eigenvalue weighted by Gasteiger charge is -2.26. The zero-order chi connectivity index (χ0) is 21.8. The van der Waals surface area contributed by atoms with E-state index < -0.39 is 5.41 Å². The minimum Gasteiger partial charge on any atom is -0.493 e. The third kappa shape index (κ3) is 4.10. The molecule has 2 aromatic carbocycles. The first-order valence-corrected chi connectivity index (χ1v) is 10.0. The van der Waals surface area contributed by atoms with Crippen molar-refractivity contribution in [1.82, 2.24) is 10.1 Å². The number of carbonyl (C=O) groups is 1. The van der Waals surface area contributed by atoms with Crippen LogP contribution in [0.3, 0.4) is 0 Å². The Labute approximate surface area is 179 Å². The van der Waals surface area contributed by atoms with E-state index in [2.05, 4.69) is 10.1 Å². The van der Waals surface area contributed by atoms with E-state index in [-0.39, 0.29) is 24.3 Å². The normalized spacial score (nSPS) is 14.9. The van der Waals surface area contributed by atoms with Crippen LogP contribution in [0.2, 0.25) is 0 Å². The topological polar surface area (TPSA) is 83.7 Å². The summed E-state index contributed by atoms with van der Waals surface area (Å²) < 4.78 is 34.7. The molecule has 4 rings (SSSR count). The lowest BCUT2D eigenvalue weighted by molar-refractivity contribution is -0.152. The van der Waals surface area contributed by atoms with E-state index in [9.17, 15) is 9.18 Å². The van der Waals surface area contributed by atoms with Gasteiger partial charge in [-0.1, -0.05) is 30.1 Å². The summed E-state index contributed by atoms with van der Waals surface area (Å²) in [6, 6.07) is 11.3. The van der Waals surface area contributed by atoms with Gasteiger partial charge >= 0.3 is 5.97 Å². The number of hydrogen-bond donors (Lipinski definition) is 0. The lowest BCUT2D eigenvalue weighted by atomic mass is 9.79. The molecule has 0 radical (unpaired) electrons. The molecule has 1 aliphatic rings. The van der Waals surface area contributed by atoms with Gasteiger partial charge in [-0.3, -0.25) is 4.79 Å². The third-order valence-corrected chi connectivity index (χ3v) is 5.68. The highest BCUT2D eigenvalue weighted by Crippen LogP contribution is 2.42. The van der Waals surface area contributed by atoms with Gasteiger partial charge in [0.25, 0.3) is 5.89 Å². The fourth-order valence-corrected chi connectivity index (χ4v) is 4.03. The highest BCUT2D eigenvalue weighted by Gasteiger charge is 2.44. The molecule has 0 bridgehead atoms. The summed E-state index contributed by atoms with van der Waals surface area (Å²) in [5, 5.41) is 3.96. The first-order chi connectivity index (χ1) is 15.1. The van der Waals surface area contributed by atoms with Crippen molar-refractivity contribution >= 4 is 5.97 Å². The van der Waals surface area contributed by atoms with Crippen molar-refractivity contribution in [2.24, 2.45) is 0 Å². The average molecular weight is 426 g/mol. The van der Waals surface area contributed by atoms with E-state index in [1.165, 1.54) is 12.1 Å². The predicted octanol–water partition coefficient (Wildman–Crippen LogP) is 4.45. The van der Waals surface area contributed by atoms with Gasteiger partial charge in [-0.05, 0) is 48.7 Å². The number of halogens is 1. The highest BCUT2D eigenvalue weighted by atomic mass is 19.1. The summed E-state index contributed by atoms with van der Waals surface area (Å²) in [6.07, 6.45) is 3.16. The standard InChI is InChI=1S/C23H23FN2O5/c1-28-18-10-5-15(13-19(18)29-2)21-25-20(31-26-21)14-30-22(27)23(11-3-4-12-23)16-6-8-17(24)9-7-16/h5-10,13H,3-4,11-12,14H2,1-2H3. The van der Waals surface area contributed by atoms with Crippen LogP contribution in [0.5, 0.6) is 11.5 Å². The average Bonchev–Trinajstić information content (AvgIpc) is 3.48. The molecule has 31 heavy (non-hydrogen) atoms. The molecule has 0 amide bonds. The van der Waals surface area contributed by atoms with Gasteiger partial charge in [0.1, 0.15) is 5.82 Å². The van der Waals surface area contributed by atoms with Crippen molar-refractivity contribution in [1.29, 1.82) is 0 Å². The Bertz CT molecular complexity index is 1060. The summed E-state index contributed by atoms with van der Waals surface area (Å²) in [5.41, 5.74) is 0.686. The number of ether oxygens (including phenoxy) is 3. The smallest absolute Gasteiger partial charge is 0.317 e. The maximum atomic E-state index is 13.3. The summed E-state index contributed by atoms with van der Waals surface area (Å²) in [5.74, 6) is 0.972. The van der Waals surface area contributed by atoms with Crippen LogP contribution in [-0.4, -0.2) is 30.3 Å². The molecule has 1 saturated carbocycles. The third-order valence-electron chi connectivity index (χ3n) is 5.68. The van der Waals surface area contributed by atoms with E-state index in [0.29, 0.717) is 35.7 Å². The predicted molar refractivity (Wildman–Crippen MR) is 109 cm³/mol. The Morgan fingerprint density at radius 1 is 1.06 bits per heavy atom. The summed E-state index contributed by atoms with van der Waals surface area (Å²) in [7, 11) is 3.10. The van der Waals surface area contributed by atoms with Crippen molar-refractivity contribution in [3.8, 4) is 22.9 Å². The number of carbonyl (C=O) groups excluding carboxylic acids is 1. The lowest BCUT2D eigenvalue weighted by Crippen LogP contribution is -2.34. The number of aromatic nitrogens is 2. The second-order valence-electron chi connectivity index (χ2n) is 7.45. The van der Waals surface area contributed by atoms with E-state index in [1.54, 1.807) is 44.6 Å². The molecule has 1 aliphatic carbocycles. The number of rotatable bonds is 7. The fourth-order valence-electron chi connectivity index (χ4n) is 4.03. The van der Waals surface area contributed by atoms with E-state index >= 15 is 0 Å². The van der Waals surface area contributed by atoms with Crippen molar-refractivity contribution in [2.45, 2.75) is 37.7 Å². The van der Waals surface area contributed by atoms with E-state index in [0.717, 1.165) is 18.4 Å². The van der Waals surface area contributed by atoms with E-state index in [1.807, 2.05) is 0 Å². The van der Waals surface area contributed by atoms with Crippen LogP contribution in [0.25, 0.3) is 11.4 Å². The van der Waals surface area contributed by atoms with Crippen LogP contribution in [0.1, 0.15) is 37.1 Å². The zero-order valence-electron chi connectivity index (χ0n) is 17.4. The maximum Gasteiger partial charge on any atom is 0.317 e. The minimum atomic E-state index is -0.764. The molecule has 1 aromatic heterocycles. The minimum absolute atomic E-state index is 0.137. The molecular weight excluding hydrogens is 403 g/mol. The molecule has 1 heterocycles. The summed E-state index contributed by atoms with van der Waals surface area (Å²) in [6.45, 7) is -0.137. The van der Waals surface area contributed by atoms with Crippen molar-refractivity contribution in [3.63, 3.8) is 0 Å². The van der Waals surface area contributed by atoms with Gasteiger partial charge in [-0.25, -0.2) is 4.39 Å². The number of benzene rings is 2. The molecule has 0 aliphatic heterocycles. The first kappa shape index (κ1) is 20.8. The van der Waals surface area contributed by atoms with Gasteiger partial charge < -0.3 is 18.7 Å². The summed E-state index contributed by atoms with van der Waals surface area (Å²) in [4.78, 5) is 17.3. The number of methoxy groups -OCH3 is 2. The van der Waals surface area contributed by atoms with Crippen molar-refractivity contribution < 1.29 is 27.9 Å². The van der Waals surface area contributed by atoms with Gasteiger partial charge in [0, 0.05) is 5.56 Å². The Morgan fingerprint density at radius 3 is 2.45 bits per heavy atom. The zero-order valence-corrected chi connectivity index (χ0v) is 17.4. The molecule has 162 valence electrons. The van der Waals surface area contributed by atoms with Crippen LogP contribution < -0.4 is 9.47 Å². The van der Waals surface area contributed by atoms with Crippen LogP contribution in [0, 0.1) is 5.82 Å². The monoisotopic (exact) mass is 426 g/mol. The highest BCUT2D eigenvalue weighted by molar-refractivity contribution is 5.83. The quantitative estimate of drug-likeness (QED) is 0.516. The number of esters is 1. The summed E-state index contributed by atoms with van der Waals surface area (Å²) >= 11 is 0. The van der Waals surface area contributed by atoms with Gasteiger partial charge in [0.05, 0.1) is 19.6 Å². The molecule has 0 saturated heterocycles. The fraction of sp³-hybridized carbons (Fsp3) is 0.348. The molecule has 0 atom stereocenters. The largest absolute Gasteiger partial charge is 0.493 e. The van der Waals surface area contributed by atoms with Crippen LogP contribution >= 0.6 is 0 Å². The number of hydrogen-bond acceptors (Lipinski definition) is 7. The first-order valence-electron chi connectivity index (χ1n) is 10.0. The van der Waals surface area contributed by atoms with Gasteiger partial charge in [-0.2, -0.15) is 4.98 Å². The Morgan fingerprint density at radius 2 is 1.77 bits per heavy atom. The van der Waals surface area contributed by atoms with Crippen LogP contribution in [0.4, 0.5) is 4.39 Å². The molecule has 0 unspecified atom stereocenters. The Balaban J connectivity index is 1.48. The van der Waals surface area contributed by atoms with Crippen molar-refractivity contribution in [3.05, 3.63) is 59.7 Å². The number of nitrogens with zero attached hydrogens (tertiary/aromatic N) is 2. The molecule has 7 nitrogen and oxygen atoms in total. The van der Waals surface area contributed by atoms with Crippen LogP contribution in [0.15, 0.2) is 47.0 Å². The van der Waals surface area contributed by atoms with Gasteiger partial charge in [0.15, 0.2) is 18.1 Å². The molecule has 8 heteroatoms. The molecular formula is C23H23FN2O5. The van der Waals surface area contributed by atoms with Crippen LogP contribution in [-0.2, 0) is 21.6 Å². The molecule has 0 N–H and O–H groups in total. The SMILES string of the molecule is COc1ccc(-c2noc(COC(=O)C3(c4ccc(F)cc4)CCCC3)n2)cc1OC. The second kappa shape index (κ2) is 8.75. The second-order valence-corrected chi connectivity index (χ2v) is 7.45. The van der Waals surface area contributed by atoms with Gasteiger partial charge in [0.2, 0.25) is 5.82 Å². The molecule has 0 spiro atoms. The van der Waals surface area contributed by atoms with Crippen molar-refractivity contribution in [2.75, 3.05) is 14.2 Å². The van der Waals surface area contributed by atoms with E-state index in [4.69, 9.17) is 18.7 Å². The van der Waals surface area contributed by atoms with Gasteiger partial charge in [-0.15, -0.1) is 0 Å². The Kier molecular flexibility index (Phi) is 5.88. The molecule has 1 fully saturated rings. The maximum absolute atomic E-state index is 13.3. The Hall–Kier alpha value is -3.42.